The van der Waals surface area contributed by atoms with Gasteiger partial charge in [-0.2, -0.15) is 0 Å². The van der Waals surface area contributed by atoms with E-state index in [0.29, 0.717) is 11.4 Å². The monoisotopic (exact) mass is 401 g/mol. The molecule has 2 aromatic carbocycles. The van der Waals surface area contributed by atoms with E-state index in [1.54, 1.807) is 0 Å². The van der Waals surface area contributed by atoms with Crippen LogP contribution in [0.3, 0.4) is 0 Å². The number of carbonyl (C=O) groups is 2. The van der Waals surface area contributed by atoms with Crippen LogP contribution in [0.2, 0.25) is 0 Å². The normalized spacial score (nSPS) is 12.1. The summed E-state index contributed by atoms with van der Waals surface area (Å²) in [7, 11) is 1.41. The first kappa shape index (κ1) is 19.8. The molecule has 0 spiro atoms. The van der Waals surface area contributed by atoms with Gasteiger partial charge in [0.2, 0.25) is 18.6 Å². The van der Waals surface area contributed by atoms with Crippen molar-refractivity contribution in [3.05, 3.63) is 64.0 Å². The second-order valence-corrected chi connectivity index (χ2v) is 6.10. The Labute approximate surface area is 164 Å². The number of hydrogen-bond acceptors (Lipinski definition) is 6. The van der Waals surface area contributed by atoms with Crippen LogP contribution < -0.4 is 14.8 Å². The number of nitrogens with one attached hydrogen (secondary N) is 1. The zero-order valence-corrected chi connectivity index (χ0v) is 15.3. The highest BCUT2D eigenvalue weighted by Gasteiger charge is 2.22. The van der Waals surface area contributed by atoms with Crippen LogP contribution in [0.15, 0.2) is 42.5 Å². The fraction of sp³-hybridized carbons (Fsp3) is 0.158. The van der Waals surface area contributed by atoms with Crippen LogP contribution in [0.1, 0.15) is 5.56 Å². The standard InChI is InChI=1S/C19H16FN3O6/c1-22(10-18(24)21-14-5-3-13(20)4-6-14)19(25)7-2-12-8-16-17(29-11-28-16)9-15(12)23(26)27/h2-9H,10-11H2,1H3,(H,21,24)/b7-2+. The Morgan fingerprint density at radius 2 is 1.90 bits per heavy atom. The highest BCUT2D eigenvalue weighted by molar-refractivity contribution is 5.98. The molecule has 0 fully saturated rings. The average Bonchev–Trinajstić information content (AvgIpc) is 3.14. The molecule has 1 N–H and O–H groups in total. The third-order valence-electron chi connectivity index (χ3n) is 4.01. The van der Waals surface area contributed by atoms with E-state index in [0.717, 1.165) is 11.0 Å². The lowest BCUT2D eigenvalue weighted by molar-refractivity contribution is -0.385. The van der Waals surface area contributed by atoms with E-state index in [1.165, 1.54) is 49.5 Å². The summed E-state index contributed by atoms with van der Waals surface area (Å²) in [5.74, 6) is -0.844. The van der Waals surface area contributed by atoms with Crippen LogP contribution in [0.4, 0.5) is 15.8 Å². The summed E-state index contributed by atoms with van der Waals surface area (Å²) in [6.45, 7) is -0.297. The Bertz CT molecular complexity index is 990. The zero-order chi connectivity index (χ0) is 21.0. The molecular weight excluding hydrogens is 385 g/mol. The summed E-state index contributed by atoms with van der Waals surface area (Å²) < 4.78 is 23.2. The van der Waals surface area contributed by atoms with Gasteiger partial charge in [-0.15, -0.1) is 0 Å². The van der Waals surface area contributed by atoms with E-state index >= 15 is 0 Å². The summed E-state index contributed by atoms with van der Waals surface area (Å²) in [6.07, 6.45) is 2.40. The highest BCUT2D eigenvalue weighted by Crippen LogP contribution is 2.38. The SMILES string of the molecule is CN(CC(=O)Nc1ccc(F)cc1)C(=O)/C=C/c1cc2c(cc1[N+](=O)[O-])OCO2. The molecule has 3 rings (SSSR count). The number of amides is 2. The number of nitro benzene ring substituents is 1. The molecule has 0 saturated heterocycles. The molecule has 0 aliphatic carbocycles. The third kappa shape index (κ3) is 4.86. The van der Waals surface area contributed by atoms with Crippen molar-refractivity contribution in [2.24, 2.45) is 0 Å². The van der Waals surface area contributed by atoms with Crippen LogP contribution in [-0.2, 0) is 9.59 Å². The minimum absolute atomic E-state index is 0.0372. The summed E-state index contributed by atoms with van der Waals surface area (Å²) >= 11 is 0. The topological polar surface area (TPSA) is 111 Å². The molecule has 1 aliphatic heterocycles. The largest absolute Gasteiger partial charge is 0.454 e. The second-order valence-electron chi connectivity index (χ2n) is 6.10. The molecule has 150 valence electrons. The lowest BCUT2D eigenvalue weighted by Crippen LogP contribution is -2.33. The zero-order valence-electron chi connectivity index (χ0n) is 15.3. The van der Waals surface area contributed by atoms with Gasteiger partial charge >= 0.3 is 0 Å². The molecular formula is C19H16FN3O6. The molecule has 1 heterocycles. The quantitative estimate of drug-likeness (QED) is 0.452. The molecule has 0 atom stereocenters. The minimum atomic E-state index is -0.591. The fourth-order valence-electron chi connectivity index (χ4n) is 2.55. The molecule has 2 amide bonds. The number of fused-ring (bicyclic) bond motifs is 1. The van der Waals surface area contributed by atoms with Gasteiger partial charge in [-0.05, 0) is 36.4 Å². The van der Waals surface area contributed by atoms with Crippen molar-refractivity contribution in [2.45, 2.75) is 0 Å². The maximum Gasteiger partial charge on any atom is 0.280 e. The Morgan fingerprint density at radius 3 is 2.55 bits per heavy atom. The van der Waals surface area contributed by atoms with Gasteiger partial charge in [0.15, 0.2) is 11.5 Å². The first-order valence-corrected chi connectivity index (χ1v) is 8.40. The third-order valence-corrected chi connectivity index (χ3v) is 4.01. The maximum atomic E-state index is 12.9. The van der Waals surface area contributed by atoms with Crippen molar-refractivity contribution in [1.29, 1.82) is 0 Å². The van der Waals surface area contributed by atoms with Crippen LogP contribution in [0.25, 0.3) is 6.08 Å². The van der Waals surface area contributed by atoms with Crippen molar-refractivity contribution in [3.8, 4) is 11.5 Å². The number of benzene rings is 2. The summed E-state index contributed by atoms with van der Waals surface area (Å²) in [5.41, 5.74) is 0.315. The molecule has 9 nitrogen and oxygen atoms in total. The number of carbonyl (C=O) groups excluding carboxylic acids is 2. The lowest BCUT2D eigenvalue weighted by Gasteiger charge is -2.14. The van der Waals surface area contributed by atoms with E-state index in [4.69, 9.17) is 9.47 Å². The summed E-state index contributed by atoms with van der Waals surface area (Å²) in [4.78, 5) is 36.0. The number of ether oxygens (including phenoxy) is 2. The molecule has 1 aliphatic rings. The van der Waals surface area contributed by atoms with Crippen LogP contribution in [0.5, 0.6) is 11.5 Å². The Balaban J connectivity index is 1.65. The van der Waals surface area contributed by atoms with Crippen LogP contribution in [-0.4, -0.2) is 42.0 Å². The maximum absolute atomic E-state index is 12.9. The van der Waals surface area contributed by atoms with E-state index in [2.05, 4.69) is 5.32 Å². The van der Waals surface area contributed by atoms with Gasteiger partial charge in [-0.3, -0.25) is 19.7 Å². The van der Waals surface area contributed by atoms with Crippen molar-refractivity contribution in [1.82, 2.24) is 4.90 Å². The molecule has 0 saturated carbocycles. The number of nitrogens with zero attached hydrogens (tertiary/aromatic N) is 2. The first-order valence-electron chi connectivity index (χ1n) is 8.40. The second kappa shape index (κ2) is 8.38. The van der Waals surface area contributed by atoms with E-state index < -0.39 is 22.6 Å². The first-order chi connectivity index (χ1) is 13.8. The minimum Gasteiger partial charge on any atom is -0.454 e. The number of nitro groups is 1. The lowest BCUT2D eigenvalue weighted by atomic mass is 10.1. The molecule has 29 heavy (non-hydrogen) atoms. The number of anilines is 1. The molecule has 0 unspecified atom stereocenters. The van der Waals surface area contributed by atoms with E-state index in [1.807, 2.05) is 0 Å². The van der Waals surface area contributed by atoms with Gasteiger partial charge in [-0.1, -0.05) is 0 Å². The smallest absolute Gasteiger partial charge is 0.280 e. The van der Waals surface area contributed by atoms with Crippen LogP contribution >= 0.6 is 0 Å². The van der Waals surface area contributed by atoms with Gasteiger partial charge in [0.25, 0.3) is 5.69 Å². The number of hydrogen-bond donors (Lipinski definition) is 1. The average molecular weight is 401 g/mol. The van der Waals surface area contributed by atoms with Gasteiger partial charge in [0.1, 0.15) is 5.82 Å². The van der Waals surface area contributed by atoms with Crippen LogP contribution in [0, 0.1) is 15.9 Å². The van der Waals surface area contributed by atoms with Crippen molar-refractivity contribution in [2.75, 3.05) is 25.7 Å². The molecule has 10 heteroatoms. The number of rotatable bonds is 6. The predicted molar refractivity (Wildman–Crippen MR) is 101 cm³/mol. The molecule has 0 radical (unpaired) electrons. The number of likely N-dealkylation sites (N-methyl/N-ethyl adjacent to an activating group) is 1. The van der Waals surface area contributed by atoms with Crippen molar-refractivity contribution in [3.63, 3.8) is 0 Å². The Hall–Kier alpha value is -3.95. The molecule has 0 aromatic heterocycles. The highest BCUT2D eigenvalue weighted by atomic mass is 19.1. The molecule has 2 aromatic rings. The molecule has 0 bridgehead atoms. The van der Waals surface area contributed by atoms with E-state index in [9.17, 15) is 24.1 Å². The summed E-state index contributed by atoms with van der Waals surface area (Å²) in [6, 6.07) is 7.83. The van der Waals surface area contributed by atoms with Crippen molar-refractivity contribution >= 4 is 29.3 Å². The van der Waals surface area contributed by atoms with Gasteiger partial charge < -0.3 is 19.7 Å². The predicted octanol–water partition coefficient (Wildman–Crippen LogP) is 2.57. The summed E-state index contributed by atoms with van der Waals surface area (Å²) in [5, 5.41) is 13.8. The van der Waals surface area contributed by atoms with Gasteiger partial charge in [-0.25, -0.2) is 4.39 Å². The Morgan fingerprint density at radius 1 is 1.24 bits per heavy atom. The fourth-order valence-corrected chi connectivity index (χ4v) is 2.55. The number of halogens is 1. The van der Waals surface area contributed by atoms with E-state index in [-0.39, 0.29) is 30.3 Å². The van der Waals surface area contributed by atoms with Gasteiger partial charge in [0, 0.05) is 18.8 Å². The van der Waals surface area contributed by atoms with Crippen molar-refractivity contribution < 1.29 is 28.4 Å². The van der Waals surface area contributed by atoms with Gasteiger partial charge in [0.05, 0.1) is 23.1 Å². The Kier molecular flexibility index (Phi) is 5.72.